The lowest BCUT2D eigenvalue weighted by molar-refractivity contribution is 1.02. The molecule has 0 unspecified atom stereocenters. The van der Waals surface area contributed by atoms with Gasteiger partial charge in [-0.05, 0) is 5.54 Å². The molecule has 0 atom stereocenters. The molecule has 0 saturated heterocycles. The van der Waals surface area contributed by atoms with Gasteiger partial charge >= 0.3 is 0 Å². The van der Waals surface area contributed by atoms with Gasteiger partial charge in [-0.2, -0.15) is 0 Å². The van der Waals surface area contributed by atoms with Crippen molar-refractivity contribution in [3.8, 4) is 0 Å². The molecular weight excluding hydrogens is 195 g/mol. The molecule has 11 heavy (non-hydrogen) atoms. The Balaban J connectivity index is 2.72. The molecular formula is C8H12Cl2Si. The van der Waals surface area contributed by atoms with Crippen LogP contribution < -0.4 is 0 Å². The Hall–Kier alpha value is 0.277. The highest BCUT2D eigenvalue weighted by Crippen LogP contribution is 2.42. The van der Waals surface area contributed by atoms with E-state index in [9.17, 15) is 0 Å². The highest BCUT2D eigenvalue weighted by molar-refractivity contribution is 7.46. The van der Waals surface area contributed by atoms with E-state index < -0.39 is 6.69 Å². The largest absolute Gasteiger partial charge is 0.264 e. The summed E-state index contributed by atoms with van der Waals surface area (Å²) in [4.78, 5) is 0. The van der Waals surface area contributed by atoms with Gasteiger partial charge in [0, 0.05) is 5.54 Å². The van der Waals surface area contributed by atoms with Gasteiger partial charge in [-0.3, -0.25) is 0 Å². The molecule has 0 fully saturated rings. The summed E-state index contributed by atoms with van der Waals surface area (Å²) in [7, 11) is 0. The van der Waals surface area contributed by atoms with Crippen LogP contribution in [0.3, 0.4) is 0 Å². The van der Waals surface area contributed by atoms with Crippen LogP contribution in [0.1, 0.15) is 13.8 Å². The standard InChI is InChI=1S/C8H12Cl2Si/c1-7(2)11(9,10)8-5-3-4-6-8/h3-8H,1-2H3. The van der Waals surface area contributed by atoms with Crippen LogP contribution in [-0.2, 0) is 0 Å². The van der Waals surface area contributed by atoms with E-state index in [4.69, 9.17) is 22.2 Å². The Morgan fingerprint density at radius 2 is 1.64 bits per heavy atom. The van der Waals surface area contributed by atoms with E-state index >= 15 is 0 Å². The number of rotatable bonds is 2. The minimum absolute atomic E-state index is 0.311. The second kappa shape index (κ2) is 3.34. The van der Waals surface area contributed by atoms with Crippen LogP contribution in [0.25, 0.3) is 0 Å². The van der Waals surface area contributed by atoms with Gasteiger partial charge in [0.2, 0.25) is 0 Å². The summed E-state index contributed by atoms with van der Waals surface area (Å²) in [6, 6.07) is 0. The Bertz CT molecular complexity index is 182. The zero-order valence-corrected chi connectivity index (χ0v) is 9.23. The van der Waals surface area contributed by atoms with Gasteiger partial charge in [-0.1, -0.05) is 38.2 Å². The first kappa shape index (κ1) is 9.37. The highest BCUT2D eigenvalue weighted by Gasteiger charge is 2.39. The number of halogens is 2. The van der Waals surface area contributed by atoms with Crippen molar-refractivity contribution in [2.75, 3.05) is 0 Å². The molecule has 1 aliphatic carbocycles. The second-order valence-corrected chi connectivity index (χ2v) is 10.6. The lowest BCUT2D eigenvalue weighted by Crippen LogP contribution is -2.27. The predicted molar refractivity (Wildman–Crippen MR) is 54.6 cm³/mol. The van der Waals surface area contributed by atoms with Crippen LogP contribution in [0.5, 0.6) is 0 Å². The van der Waals surface area contributed by atoms with Crippen molar-refractivity contribution in [1.82, 2.24) is 0 Å². The van der Waals surface area contributed by atoms with E-state index in [2.05, 4.69) is 26.0 Å². The third-order valence-electron chi connectivity index (χ3n) is 1.96. The molecule has 0 saturated carbocycles. The highest BCUT2D eigenvalue weighted by atomic mass is 35.7. The average Bonchev–Trinajstić information content (AvgIpc) is 2.37. The van der Waals surface area contributed by atoms with Crippen molar-refractivity contribution in [2.24, 2.45) is 0 Å². The van der Waals surface area contributed by atoms with Gasteiger partial charge in [0.05, 0.1) is 0 Å². The van der Waals surface area contributed by atoms with Crippen LogP contribution in [0.2, 0.25) is 11.1 Å². The summed E-state index contributed by atoms with van der Waals surface area (Å²) in [5, 5.41) is 0. The third kappa shape index (κ3) is 1.89. The van der Waals surface area contributed by atoms with Crippen LogP contribution >= 0.6 is 22.2 Å². The maximum Gasteiger partial charge on any atom is 0.264 e. The topological polar surface area (TPSA) is 0 Å². The molecule has 3 heteroatoms. The molecule has 0 bridgehead atoms. The van der Waals surface area contributed by atoms with Crippen molar-refractivity contribution < 1.29 is 0 Å². The van der Waals surface area contributed by atoms with Crippen LogP contribution in [0.4, 0.5) is 0 Å². The summed E-state index contributed by atoms with van der Waals surface area (Å²) < 4.78 is 0. The molecule has 1 rings (SSSR count). The normalized spacial score (nSPS) is 18.6. The summed E-state index contributed by atoms with van der Waals surface area (Å²) in [5.41, 5.74) is 0.717. The van der Waals surface area contributed by atoms with Crippen LogP contribution in [0, 0.1) is 0 Å². The van der Waals surface area contributed by atoms with E-state index in [1.54, 1.807) is 0 Å². The first-order valence-electron chi connectivity index (χ1n) is 3.78. The minimum Gasteiger partial charge on any atom is -0.145 e. The predicted octanol–water partition coefficient (Wildman–Crippen LogP) is 3.81. The van der Waals surface area contributed by atoms with Gasteiger partial charge in [-0.25, -0.2) is 0 Å². The van der Waals surface area contributed by atoms with E-state index in [-0.39, 0.29) is 0 Å². The van der Waals surface area contributed by atoms with Crippen molar-refractivity contribution in [2.45, 2.75) is 24.9 Å². The van der Waals surface area contributed by atoms with E-state index in [1.807, 2.05) is 12.2 Å². The van der Waals surface area contributed by atoms with Gasteiger partial charge in [0.1, 0.15) is 0 Å². The lowest BCUT2D eigenvalue weighted by atomic mass is 10.5. The summed E-state index contributed by atoms with van der Waals surface area (Å²) in [6.45, 7) is 2.10. The molecule has 0 aromatic carbocycles. The fourth-order valence-electron chi connectivity index (χ4n) is 1.07. The fourth-order valence-corrected chi connectivity index (χ4v) is 3.45. The number of allylic oxidation sites excluding steroid dienone is 4. The maximum absolute atomic E-state index is 6.28. The molecule has 0 aromatic heterocycles. The molecule has 0 N–H and O–H groups in total. The first-order chi connectivity index (χ1) is 5.05. The molecule has 0 spiro atoms. The zero-order chi connectivity index (χ0) is 8.48. The van der Waals surface area contributed by atoms with Crippen LogP contribution in [-0.4, -0.2) is 6.69 Å². The van der Waals surface area contributed by atoms with E-state index in [0.717, 1.165) is 0 Å². The Kier molecular flexibility index (Phi) is 2.84. The Labute approximate surface area is 78.3 Å². The Morgan fingerprint density at radius 3 is 2.00 bits per heavy atom. The molecule has 0 amide bonds. The Morgan fingerprint density at radius 1 is 1.18 bits per heavy atom. The summed E-state index contributed by atoms with van der Waals surface area (Å²) in [6.07, 6.45) is 8.21. The smallest absolute Gasteiger partial charge is 0.145 e. The van der Waals surface area contributed by atoms with Crippen molar-refractivity contribution in [3.05, 3.63) is 24.3 Å². The fraction of sp³-hybridized carbons (Fsp3) is 0.500. The van der Waals surface area contributed by atoms with Crippen molar-refractivity contribution >= 4 is 28.9 Å². The second-order valence-electron chi connectivity index (χ2n) is 3.12. The minimum atomic E-state index is -2.08. The van der Waals surface area contributed by atoms with E-state index in [1.165, 1.54) is 0 Å². The molecule has 62 valence electrons. The lowest BCUT2D eigenvalue weighted by Gasteiger charge is -2.24. The van der Waals surface area contributed by atoms with E-state index in [0.29, 0.717) is 11.1 Å². The SMILES string of the molecule is CC(C)[Si](Cl)(Cl)C1C=CC=C1. The summed E-state index contributed by atoms with van der Waals surface area (Å²) in [5.74, 6) is 0. The number of hydrogen-bond acceptors (Lipinski definition) is 0. The average molecular weight is 207 g/mol. The van der Waals surface area contributed by atoms with Crippen LogP contribution in [0.15, 0.2) is 24.3 Å². The van der Waals surface area contributed by atoms with Gasteiger partial charge in [-0.15, -0.1) is 22.2 Å². The zero-order valence-electron chi connectivity index (χ0n) is 6.72. The molecule has 1 aliphatic rings. The van der Waals surface area contributed by atoms with Crippen molar-refractivity contribution in [1.29, 1.82) is 0 Å². The quantitative estimate of drug-likeness (QED) is 0.477. The first-order valence-corrected chi connectivity index (χ1v) is 7.96. The molecule has 0 radical (unpaired) electrons. The molecule has 0 heterocycles. The third-order valence-corrected chi connectivity index (χ3v) is 8.91. The molecule has 0 nitrogen and oxygen atoms in total. The molecule has 0 aromatic rings. The monoisotopic (exact) mass is 206 g/mol. The number of hydrogen-bond donors (Lipinski definition) is 0. The van der Waals surface area contributed by atoms with Gasteiger partial charge < -0.3 is 0 Å². The van der Waals surface area contributed by atoms with Gasteiger partial charge in [0.25, 0.3) is 6.69 Å². The summed E-state index contributed by atoms with van der Waals surface area (Å²) >= 11 is 12.6. The van der Waals surface area contributed by atoms with Gasteiger partial charge in [0.15, 0.2) is 0 Å². The van der Waals surface area contributed by atoms with Crippen molar-refractivity contribution in [3.63, 3.8) is 0 Å². The molecule has 0 aliphatic heterocycles. The maximum atomic E-state index is 6.28.